The van der Waals surface area contributed by atoms with Crippen molar-refractivity contribution in [1.82, 2.24) is 4.98 Å². The summed E-state index contributed by atoms with van der Waals surface area (Å²) in [6.45, 7) is 8.24. The van der Waals surface area contributed by atoms with E-state index >= 15 is 0 Å². The van der Waals surface area contributed by atoms with E-state index in [-0.39, 0.29) is 5.71 Å². The maximum Gasteiger partial charge on any atom is 0.230 e. The zero-order chi connectivity index (χ0) is 19.5. The average Bonchev–Trinajstić information content (AvgIpc) is 2.95. The van der Waals surface area contributed by atoms with Crippen LogP contribution in [0.5, 0.6) is 0 Å². The van der Waals surface area contributed by atoms with Gasteiger partial charge in [-0.15, -0.1) is 0 Å². The number of rotatable bonds is 2. The van der Waals surface area contributed by atoms with Gasteiger partial charge < -0.3 is 4.42 Å². The van der Waals surface area contributed by atoms with Gasteiger partial charge in [0.05, 0.1) is 16.3 Å². The highest BCUT2D eigenvalue weighted by molar-refractivity contribution is 6.09. The maximum atomic E-state index is 14.8. The molecular formula is C22H21F2N2O+. The third-order valence-electron chi connectivity index (χ3n) is 5.12. The summed E-state index contributed by atoms with van der Waals surface area (Å²) in [5, 5.41) is 0.812. The molecular weight excluding hydrogens is 346 g/mol. The predicted molar refractivity (Wildman–Crippen MR) is 102 cm³/mol. The third-order valence-corrected chi connectivity index (χ3v) is 5.12. The van der Waals surface area contributed by atoms with Crippen molar-refractivity contribution in [1.29, 1.82) is 0 Å². The molecule has 3 aromatic heterocycles. The lowest BCUT2D eigenvalue weighted by molar-refractivity contribution is -0.660. The Labute approximate surface area is 156 Å². The SMILES string of the molecule is Cc1cc(-c2c(C)cc(F)c3c2oc2nc(F)ccc23)[n+](C)cc1C(C)C. The van der Waals surface area contributed by atoms with Gasteiger partial charge in [0.2, 0.25) is 17.4 Å². The van der Waals surface area contributed by atoms with Crippen molar-refractivity contribution in [2.45, 2.75) is 33.6 Å². The highest BCUT2D eigenvalue weighted by Crippen LogP contribution is 2.38. The zero-order valence-electron chi connectivity index (χ0n) is 16.0. The number of hydrogen-bond acceptors (Lipinski definition) is 2. The Morgan fingerprint density at radius 2 is 1.81 bits per heavy atom. The Morgan fingerprint density at radius 1 is 1.07 bits per heavy atom. The van der Waals surface area contributed by atoms with Crippen molar-refractivity contribution in [2.75, 3.05) is 0 Å². The van der Waals surface area contributed by atoms with Gasteiger partial charge in [-0.3, -0.25) is 0 Å². The van der Waals surface area contributed by atoms with E-state index < -0.39 is 11.8 Å². The molecule has 0 radical (unpaired) electrons. The number of nitrogens with zero attached hydrogens (tertiary/aromatic N) is 2. The topological polar surface area (TPSA) is 29.9 Å². The summed E-state index contributed by atoms with van der Waals surface area (Å²) in [5.74, 6) is -0.641. The molecule has 0 bridgehead atoms. The minimum absolute atomic E-state index is 0.105. The number of aryl methyl sites for hydroxylation is 3. The number of furan rings is 1. The number of benzene rings is 1. The molecule has 0 aliphatic heterocycles. The molecule has 4 aromatic rings. The van der Waals surface area contributed by atoms with Crippen molar-refractivity contribution in [3.8, 4) is 11.3 Å². The summed E-state index contributed by atoms with van der Waals surface area (Å²) in [7, 11) is 1.97. The van der Waals surface area contributed by atoms with Crippen LogP contribution in [0.15, 0.2) is 34.9 Å². The first-order chi connectivity index (χ1) is 12.8. The first-order valence-electron chi connectivity index (χ1n) is 8.96. The molecule has 3 nitrogen and oxygen atoms in total. The Balaban J connectivity index is 2.11. The molecule has 3 heterocycles. The van der Waals surface area contributed by atoms with Crippen LogP contribution in [-0.2, 0) is 7.05 Å². The van der Waals surface area contributed by atoms with E-state index in [0.717, 1.165) is 22.4 Å². The number of pyridine rings is 2. The summed E-state index contributed by atoms with van der Waals surface area (Å²) >= 11 is 0. The fraction of sp³-hybridized carbons (Fsp3) is 0.273. The molecule has 0 amide bonds. The van der Waals surface area contributed by atoms with Gasteiger partial charge in [0, 0.05) is 11.6 Å². The first-order valence-corrected chi connectivity index (χ1v) is 8.96. The average molecular weight is 367 g/mol. The maximum absolute atomic E-state index is 14.8. The largest absolute Gasteiger partial charge is 0.437 e. The number of fused-ring (bicyclic) bond motifs is 3. The summed E-state index contributed by atoms with van der Waals surface area (Å²) in [5.41, 5.74) is 5.39. The van der Waals surface area contributed by atoms with Crippen LogP contribution >= 0.6 is 0 Å². The molecule has 0 atom stereocenters. The smallest absolute Gasteiger partial charge is 0.230 e. The lowest BCUT2D eigenvalue weighted by Gasteiger charge is -2.11. The first kappa shape index (κ1) is 17.6. The molecule has 0 N–H and O–H groups in total. The summed E-state index contributed by atoms with van der Waals surface area (Å²) in [4.78, 5) is 3.79. The van der Waals surface area contributed by atoms with E-state index in [1.54, 1.807) is 0 Å². The Kier molecular flexibility index (Phi) is 3.98. The highest BCUT2D eigenvalue weighted by atomic mass is 19.1. The van der Waals surface area contributed by atoms with Crippen molar-refractivity contribution in [3.05, 3.63) is 58.9 Å². The monoisotopic (exact) mass is 367 g/mol. The highest BCUT2D eigenvalue weighted by Gasteiger charge is 2.25. The number of halogens is 2. The van der Waals surface area contributed by atoms with Gasteiger partial charge in [0.15, 0.2) is 11.8 Å². The van der Waals surface area contributed by atoms with Gasteiger partial charge >= 0.3 is 0 Å². The van der Waals surface area contributed by atoms with E-state index in [4.69, 9.17) is 4.42 Å². The minimum atomic E-state index is -0.650. The summed E-state index contributed by atoms with van der Waals surface area (Å²) in [6.07, 6.45) is 2.10. The minimum Gasteiger partial charge on any atom is -0.437 e. The van der Waals surface area contributed by atoms with Gasteiger partial charge in [0.1, 0.15) is 12.9 Å². The second kappa shape index (κ2) is 6.12. The fourth-order valence-corrected chi connectivity index (χ4v) is 3.82. The second-order valence-electron chi connectivity index (χ2n) is 7.41. The van der Waals surface area contributed by atoms with Gasteiger partial charge in [-0.2, -0.15) is 9.37 Å². The second-order valence-corrected chi connectivity index (χ2v) is 7.41. The number of hydrogen-bond donors (Lipinski definition) is 0. The Hall–Kier alpha value is -2.82. The van der Waals surface area contributed by atoms with E-state index in [1.165, 1.54) is 23.8 Å². The molecule has 0 fully saturated rings. The molecule has 4 rings (SSSR count). The van der Waals surface area contributed by atoms with Crippen LogP contribution in [0.2, 0.25) is 0 Å². The molecule has 1 aromatic carbocycles. The predicted octanol–water partition coefficient (Wildman–Crippen LogP) is 5.49. The van der Waals surface area contributed by atoms with Crippen LogP contribution in [0.25, 0.3) is 33.3 Å². The normalized spacial score (nSPS) is 11.9. The van der Waals surface area contributed by atoms with E-state index in [0.29, 0.717) is 22.3 Å². The third kappa shape index (κ3) is 2.69. The molecule has 138 valence electrons. The van der Waals surface area contributed by atoms with Crippen LogP contribution < -0.4 is 4.57 Å². The van der Waals surface area contributed by atoms with Crippen molar-refractivity contribution < 1.29 is 17.8 Å². The van der Waals surface area contributed by atoms with E-state index in [9.17, 15) is 8.78 Å². The van der Waals surface area contributed by atoms with Gasteiger partial charge in [-0.1, -0.05) is 13.8 Å². The van der Waals surface area contributed by atoms with Gasteiger partial charge in [-0.25, -0.2) is 8.96 Å². The zero-order valence-corrected chi connectivity index (χ0v) is 16.0. The molecule has 0 unspecified atom stereocenters. The summed E-state index contributed by atoms with van der Waals surface area (Å²) in [6, 6.07) is 6.33. The molecule has 27 heavy (non-hydrogen) atoms. The summed E-state index contributed by atoms with van der Waals surface area (Å²) < 4.78 is 36.2. The van der Waals surface area contributed by atoms with Crippen LogP contribution in [0.4, 0.5) is 8.78 Å². The lowest BCUT2D eigenvalue weighted by atomic mass is 9.95. The van der Waals surface area contributed by atoms with E-state index in [2.05, 4.69) is 38.0 Å². The van der Waals surface area contributed by atoms with Crippen LogP contribution in [-0.4, -0.2) is 4.98 Å². The molecule has 5 heteroatoms. The molecule has 0 saturated heterocycles. The van der Waals surface area contributed by atoms with Crippen molar-refractivity contribution in [3.63, 3.8) is 0 Å². The van der Waals surface area contributed by atoms with Crippen LogP contribution in [0.1, 0.15) is 36.5 Å². The molecule has 0 spiro atoms. The van der Waals surface area contributed by atoms with Crippen LogP contribution in [0.3, 0.4) is 0 Å². The number of aromatic nitrogens is 2. The quantitative estimate of drug-likeness (QED) is 0.346. The van der Waals surface area contributed by atoms with E-state index in [1.807, 2.05) is 18.5 Å². The van der Waals surface area contributed by atoms with Crippen molar-refractivity contribution in [2.24, 2.45) is 7.05 Å². The van der Waals surface area contributed by atoms with Crippen molar-refractivity contribution >= 4 is 22.1 Å². The van der Waals surface area contributed by atoms with Gasteiger partial charge in [-0.05, 0) is 49.1 Å². The standard InChI is InChI=1S/C22H21F2N2O/c1-11(2)15-10-26(5)17(9-12(15)3)19-13(4)8-16(23)20-14-6-7-18(24)25-22(14)27-21(19)20/h6-11H,1-5H3/q+1. The Bertz CT molecular complexity index is 1210. The van der Waals surface area contributed by atoms with Crippen LogP contribution in [0, 0.1) is 25.6 Å². The fourth-order valence-electron chi connectivity index (χ4n) is 3.82. The molecule has 0 aliphatic rings. The molecule has 0 aliphatic carbocycles. The molecule has 0 saturated carbocycles. The Morgan fingerprint density at radius 3 is 2.52 bits per heavy atom. The lowest BCUT2D eigenvalue weighted by Crippen LogP contribution is -2.32. The van der Waals surface area contributed by atoms with Gasteiger partial charge in [0.25, 0.3) is 0 Å².